The van der Waals surface area contributed by atoms with Gasteiger partial charge in [0, 0.05) is 28.7 Å². The van der Waals surface area contributed by atoms with Crippen molar-refractivity contribution in [1.29, 1.82) is 0 Å². The summed E-state index contributed by atoms with van der Waals surface area (Å²) in [7, 11) is 0. The predicted molar refractivity (Wildman–Crippen MR) is 107 cm³/mol. The molecule has 0 atom stereocenters. The molecule has 0 aliphatic carbocycles. The van der Waals surface area contributed by atoms with E-state index >= 15 is 0 Å². The Labute approximate surface area is 173 Å². The number of benzene rings is 2. The Morgan fingerprint density at radius 2 is 2.03 bits per heavy atom. The molecule has 6 nitrogen and oxygen atoms in total. The zero-order chi connectivity index (χ0) is 20.1. The first-order valence-corrected chi connectivity index (χ1v) is 9.89. The van der Waals surface area contributed by atoms with Crippen molar-refractivity contribution in [1.82, 2.24) is 4.90 Å². The number of fused-ring (bicyclic) bond motifs is 4. The van der Waals surface area contributed by atoms with E-state index in [1.807, 2.05) is 6.07 Å². The van der Waals surface area contributed by atoms with E-state index in [4.69, 9.17) is 30.5 Å². The van der Waals surface area contributed by atoms with Crippen LogP contribution in [0.1, 0.15) is 40.9 Å². The van der Waals surface area contributed by atoms with Gasteiger partial charge in [0.1, 0.15) is 24.0 Å². The molecule has 0 fully saturated rings. The fourth-order valence-corrected chi connectivity index (χ4v) is 4.01. The largest absolute Gasteiger partial charge is 0.478 e. The molecule has 5 rings (SSSR count). The van der Waals surface area contributed by atoms with Crippen molar-refractivity contribution < 1.29 is 23.7 Å². The van der Waals surface area contributed by atoms with Crippen LogP contribution in [-0.2, 0) is 17.9 Å². The lowest BCUT2D eigenvalue weighted by molar-refractivity contribution is -0.0165. The Hall–Kier alpha value is -2.54. The van der Waals surface area contributed by atoms with E-state index in [0.717, 1.165) is 16.9 Å². The number of ketones is 1. The molecule has 29 heavy (non-hydrogen) atoms. The predicted octanol–water partition coefficient (Wildman–Crippen LogP) is 4.38. The van der Waals surface area contributed by atoms with Gasteiger partial charge in [-0.2, -0.15) is 0 Å². The number of hydrogen-bond donors (Lipinski definition) is 0. The fraction of sp³-hybridized carbons (Fsp3) is 0.318. The van der Waals surface area contributed by atoms with Gasteiger partial charge in [0.05, 0.1) is 17.7 Å². The molecule has 3 aliphatic rings. The summed E-state index contributed by atoms with van der Waals surface area (Å²) in [6.07, 6.45) is 1.69. The lowest BCUT2D eigenvalue weighted by Crippen LogP contribution is -2.37. The molecular formula is C22H20ClNO5. The first kappa shape index (κ1) is 18.5. The number of halogens is 1. The third-order valence-electron chi connectivity index (χ3n) is 5.37. The number of carbonyl (C=O) groups is 1. The maximum absolute atomic E-state index is 13.0. The van der Waals surface area contributed by atoms with Crippen LogP contribution in [0.15, 0.2) is 30.0 Å². The van der Waals surface area contributed by atoms with Crippen LogP contribution in [0.3, 0.4) is 0 Å². The van der Waals surface area contributed by atoms with Crippen molar-refractivity contribution in [3.05, 3.63) is 57.3 Å². The van der Waals surface area contributed by atoms with Crippen LogP contribution in [-0.4, -0.2) is 30.2 Å². The van der Waals surface area contributed by atoms with E-state index in [1.165, 1.54) is 0 Å². The molecular weight excluding hydrogens is 394 g/mol. The average molecular weight is 414 g/mol. The molecule has 0 saturated heterocycles. The fourth-order valence-electron chi connectivity index (χ4n) is 3.76. The Morgan fingerprint density at radius 1 is 1.17 bits per heavy atom. The van der Waals surface area contributed by atoms with Crippen LogP contribution < -0.4 is 14.2 Å². The van der Waals surface area contributed by atoms with E-state index in [9.17, 15) is 4.79 Å². The molecule has 0 N–H and O–H groups in total. The van der Waals surface area contributed by atoms with Crippen LogP contribution in [0.4, 0.5) is 0 Å². The van der Waals surface area contributed by atoms with Crippen LogP contribution in [0.5, 0.6) is 17.2 Å². The highest BCUT2D eigenvalue weighted by Gasteiger charge is 2.34. The van der Waals surface area contributed by atoms with Gasteiger partial charge in [-0.25, -0.2) is 0 Å². The molecule has 150 valence electrons. The number of hydrogen-bond acceptors (Lipinski definition) is 6. The molecule has 0 radical (unpaired) electrons. The molecule has 0 saturated carbocycles. The van der Waals surface area contributed by atoms with Crippen LogP contribution in [0.2, 0.25) is 5.02 Å². The van der Waals surface area contributed by atoms with Crippen molar-refractivity contribution in [2.75, 3.05) is 13.5 Å². The summed E-state index contributed by atoms with van der Waals surface area (Å²) in [6.45, 7) is 5.99. The molecule has 3 aliphatic heterocycles. The molecule has 0 bridgehead atoms. The van der Waals surface area contributed by atoms with E-state index < -0.39 is 0 Å². The second-order valence-corrected chi connectivity index (χ2v) is 8.00. The van der Waals surface area contributed by atoms with Gasteiger partial charge >= 0.3 is 0 Å². The highest BCUT2D eigenvalue weighted by molar-refractivity contribution is 6.31. The van der Waals surface area contributed by atoms with E-state index in [0.29, 0.717) is 53.6 Å². The molecule has 2 aromatic carbocycles. The Morgan fingerprint density at radius 3 is 2.86 bits per heavy atom. The minimum absolute atomic E-state index is 0.162. The summed E-state index contributed by atoms with van der Waals surface area (Å²) in [5.41, 5.74) is 2.99. The van der Waals surface area contributed by atoms with Gasteiger partial charge in [-0.15, -0.1) is 0 Å². The summed E-state index contributed by atoms with van der Waals surface area (Å²) >= 11 is 6.25. The highest BCUT2D eigenvalue weighted by Crippen LogP contribution is 2.43. The average Bonchev–Trinajstić information content (AvgIpc) is 3.03. The quantitative estimate of drug-likeness (QED) is 0.681. The third kappa shape index (κ3) is 3.17. The van der Waals surface area contributed by atoms with Crippen molar-refractivity contribution in [3.63, 3.8) is 0 Å². The second-order valence-electron chi connectivity index (χ2n) is 7.57. The maximum Gasteiger partial charge on any atom is 0.231 e. The zero-order valence-electron chi connectivity index (χ0n) is 16.2. The van der Waals surface area contributed by atoms with Crippen LogP contribution >= 0.6 is 11.6 Å². The smallest absolute Gasteiger partial charge is 0.231 e. The van der Waals surface area contributed by atoms with E-state index in [1.54, 1.807) is 24.3 Å². The molecule has 0 unspecified atom stereocenters. The third-order valence-corrected chi connectivity index (χ3v) is 5.58. The van der Waals surface area contributed by atoms with E-state index in [2.05, 4.69) is 18.7 Å². The number of carbonyl (C=O) groups excluding carboxylic acids is 1. The van der Waals surface area contributed by atoms with Crippen molar-refractivity contribution in [2.45, 2.75) is 33.0 Å². The standard InChI is InChI=1S/C22H20ClNO5/c1-12(2)24-8-17-18(27-10-24)4-3-16-20(25)19(29-22(16)17)7-13-5-15(23)6-14-9-26-11-28-21(13)14/h3-7,12H,8-11H2,1-2H3/b19-7-. The Bertz CT molecular complexity index is 1050. The normalized spacial score (nSPS) is 19.3. The lowest BCUT2D eigenvalue weighted by Gasteiger charge is -2.32. The van der Waals surface area contributed by atoms with Gasteiger partial charge in [-0.3, -0.25) is 9.69 Å². The van der Waals surface area contributed by atoms with Gasteiger partial charge in [0.2, 0.25) is 5.78 Å². The lowest BCUT2D eigenvalue weighted by atomic mass is 10.0. The second kappa shape index (κ2) is 7.06. The highest BCUT2D eigenvalue weighted by atomic mass is 35.5. The van der Waals surface area contributed by atoms with Gasteiger partial charge in [-0.05, 0) is 44.2 Å². The summed E-state index contributed by atoms with van der Waals surface area (Å²) in [5, 5.41) is 0.547. The number of ether oxygens (including phenoxy) is 4. The minimum atomic E-state index is -0.162. The van der Waals surface area contributed by atoms with Crippen LogP contribution in [0, 0.1) is 0 Å². The number of Topliss-reactive ketones (excluding diaryl/α,β-unsaturated/α-hetero) is 1. The summed E-state index contributed by atoms with van der Waals surface area (Å²) < 4.78 is 22.9. The van der Waals surface area contributed by atoms with Crippen molar-refractivity contribution in [2.24, 2.45) is 0 Å². The Balaban J connectivity index is 1.54. The topological polar surface area (TPSA) is 57.2 Å². The van der Waals surface area contributed by atoms with Gasteiger partial charge in [0.25, 0.3) is 0 Å². The first-order valence-electron chi connectivity index (χ1n) is 9.51. The minimum Gasteiger partial charge on any atom is -0.478 e. The molecule has 3 heterocycles. The van der Waals surface area contributed by atoms with Gasteiger partial charge in [0.15, 0.2) is 12.6 Å². The molecule has 7 heteroatoms. The number of rotatable bonds is 2. The number of nitrogens with zero attached hydrogens (tertiary/aromatic N) is 1. The molecule has 2 aromatic rings. The summed E-state index contributed by atoms with van der Waals surface area (Å²) in [6, 6.07) is 7.50. The zero-order valence-corrected chi connectivity index (χ0v) is 16.9. The monoisotopic (exact) mass is 413 g/mol. The number of allylic oxidation sites excluding steroid dienone is 1. The SMILES string of the molecule is CC(C)N1COc2ccc3c(c2C1)O/C(=C\c1cc(Cl)cc2c1OCOC2)C3=O. The molecule has 0 amide bonds. The maximum atomic E-state index is 13.0. The molecule has 0 spiro atoms. The first-order chi connectivity index (χ1) is 14.0. The Kier molecular flexibility index (Phi) is 4.50. The van der Waals surface area contributed by atoms with Crippen molar-refractivity contribution in [3.8, 4) is 17.2 Å². The summed E-state index contributed by atoms with van der Waals surface area (Å²) in [4.78, 5) is 15.2. The van der Waals surface area contributed by atoms with Crippen LogP contribution in [0.25, 0.3) is 6.08 Å². The molecule has 0 aromatic heterocycles. The van der Waals surface area contributed by atoms with E-state index in [-0.39, 0.29) is 18.3 Å². The van der Waals surface area contributed by atoms with Gasteiger partial charge in [-0.1, -0.05) is 11.6 Å². The summed E-state index contributed by atoms with van der Waals surface area (Å²) in [5.74, 6) is 2.08. The van der Waals surface area contributed by atoms with Gasteiger partial charge < -0.3 is 18.9 Å². The van der Waals surface area contributed by atoms with Crippen molar-refractivity contribution >= 4 is 23.5 Å².